The smallest absolute Gasteiger partial charge is 0.308 e. The Morgan fingerprint density at radius 2 is 2.16 bits per heavy atom. The minimum absolute atomic E-state index is 0.0196. The maximum atomic E-state index is 13.0. The molecule has 1 saturated heterocycles. The van der Waals surface area contributed by atoms with E-state index in [0.717, 1.165) is 42.2 Å². The summed E-state index contributed by atoms with van der Waals surface area (Å²) in [5.41, 5.74) is 1.35. The topological polar surface area (TPSA) is 94.2 Å². The van der Waals surface area contributed by atoms with Gasteiger partial charge in [-0.3, -0.25) is 19.5 Å². The number of ether oxygens (including phenoxy) is 2. The van der Waals surface area contributed by atoms with Gasteiger partial charge in [-0.05, 0) is 25.0 Å². The summed E-state index contributed by atoms with van der Waals surface area (Å²) in [6.45, 7) is 0.0196. The Labute approximate surface area is 190 Å². The minimum Gasteiger partial charge on any atom is -0.497 e. The second kappa shape index (κ2) is 8.97. The molecule has 5 rings (SSSR count). The average molecular weight is 456 g/mol. The van der Waals surface area contributed by atoms with Crippen LogP contribution >= 0.6 is 11.8 Å². The highest BCUT2D eigenvalue weighted by molar-refractivity contribution is 8.14. The molecule has 2 aliphatic heterocycles. The predicted molar refractivity (Wildman–Crippen MR) is 119 cm³/mol. The van der Waals surface area contributed by atoms with Crippen molar-refractivity contribution in [2.75, 3.05) is 12.9 Å². The van der Waals surface area contributed by atoms with E-state index < -0.39 is 0 Å². The molecule has 3 heterocycles. The molecule has 3 aliphatic rings. The lowest BCUT2D eigenvalue weighted by molar-refractivity contribution is -0.147. The SMILES string of the molecule is COc1cccc(-c2cc(COC(=O)CC3CSC4=NC5CCCCC5C(=O)N43)no2)c1. The Hall–Kier alpha value is -2.81. The van der Waals surface area contributed by atoms with Gasteiger partial charge in [0.05, 0.1) is 31.5 Å². The van der Waals surface area contributed by atoms with Crippen molar-refractivity contribution in [3.05, 3.63) is 36.0 Å². The molecule has 3 atom stereocenters. The summed E-state index contributed by atoms with van der Waals surface area (Å²) in [5.74, 6) is 1.70. The highest BCUT2D eigenvalue weighted by atomic mass is 32.2. The van der Waals surface area contributed by atoms with Crippen molar-refractivity contribution in [2.24, 2.45) is 10.9 Å². The van der Waals surface area contributed by atoms with Gasteiger partial charge in [-0.15, -0.1) is 0 Å². The molecule has 0 spiro atoms. The summed E-state index contributed by atoms with van der Waals surface area (Å²) in [5, 5.41) is 4.77. The number of hydrogen-bond donors (Lipinski definition) is 0. The minimum atomic E-state index is -0.360. The van der Waals surface area contributed by atoms with Crippen LogP contribution < -0.4 is 4.74 Å². The van der Waals surface area contributed by atoms with Gasteiger partial charge < -0.3 is 14.0 Å². The number of nitrogens with zero attached hydrogens (tertiary/aromatic N) is 3. The standard InChI is InChI=1S/C23H25N3O5S/c1-29-17-6-4-5-14(9-17)20-10-15(25-31-20)12-30-21(27)11-16-13-32-23-24-19-8-3-2-7-18(19)22(28)26(16)23/h4-6,9-10,16,18-19H,2-3,7-8,11-13H2,1H3. The van der Waals surface area contributed by atoms with Gasteiger partial charge in [-0.1, -0.05) is 41.9 Å². The summed E-state index contributed by atoms with van der Waals surface area (Å²) in [6, 6.07) is 9.11. The lowest BCUT2D eigenvalue weighted by atomic mass is 9.83. The number of methoxy groups -OCH3 is 1. The quantitative estimate of drug-likeness (QED) is 0.614. The molecule has 2 aromatic rings. The second-order valence-corrected chi connectivity index (χ2v) is 9.31. The maximum absolute atomic E-state index is 13.0. The second-order valence-electron chi connectivity index (χ2n) is 8.32. The molecule has 3 unspecified atom stereocenters. The third-order valence-electron chi connectivity index (χ3n) is 6.23. The van der Waals surface area contributed by atoms with Gasteiger partial charge in [0.25, 0.3) is 0 Å². The molecule has 168 valence electrons. The first-order valence-corrected chi connectivity index (χ1v) is 11.9. The molecule has 9 heteroatoms. The zero-order valence-corrected chi connectivity index (χ0v) is 18.7. The zero-order valence-electron chi connectivity index (χ0n) is 17.9. The maximum Gasteiger partial charge on any atom is 0.308 e. The van der Waals surface area contributed by atoms with Gasteiger partial charge in [0, 0.05) is 17.4 Å². The van der Waals surface area contributed by atoms with Gasteiger partial charge in [0.15, 0.2) is 10.9 Å². The van der Waals surface area contributed by atoms with Gasteiger partial charge in [-0.25, -0.2) is 0 Å². The molecule has 0 radical (unpaired) electrons. The zero-order chi connectivity index (χ0) is 22.1. The van der Waals surface area contributed by atoms with Crippen molar-refractivity contribution in [1.29, 1.82) is 0 Å². The summed E-state index contributed by atoms with van der Waals surface area (Å²) >= 11 is 1.56. The molecule has 2 fully saturated rings. The highest BCUT2D eigenvalue weighted by Gasteiger charge is 2.46. The van der Waals surface area contributed by atoms with Crippen LogP contribution in [0.4, 0.5) is 0 Å². The van der Waals surface area contributed by atoms with Gasteiger partial charge >= 0.3 is 5.97 Å². The van der Waals surface area contributed by atoms with E-state index in [2.05, 4.69) is 5.16 Å². The van der Waals surface area contributed by atoms with Crippen molar-refractivity contribution in [2.45, 2.75) is 50.8 Å². The number of hydrogen-bond acceptors (Lipinski definition) is 8. The van der Waals surface area contributed by atoms with Crippen LogP contribution in [-0.2, 0) is 20.9 Å². The molecular formula is C23H25N3O5S. The summed E-state index contributed by atoms with van der Waals surface area (Å²) in [6.07, 6.45) is 4.22. The Balaban J connectivity index is 1.18. The number of benzene rings is 1. The Bertz CT molecular complexity index is 1050. The molecular weight excluding hydrogens is 430 g/mol. The van der Waals surface area contributed by atoms with Crippen LogP contribution in [0.5, 0.6) is 5.75 Å². The lowest BCUT2D eigenvalue weighted by Crippen LogP contribution is -2.50. The van der Waals surface area contributed by atoms with E-state index in [-0.39, 0.29) is 42.9 Å². The van der Waals surface area contributed by atoms with Crippen LogP contribution in [0.15, 0.2) is 39.8 Å². The average Bonchev–Trinajstić information content (AvgIpc) is 3.45. The van der Waals surface area contributed by atoms with Crippen LogP contribution in [0.2, 0.25) is 0 Å². The molecule has 1 amide bonds. The summed E-state index contributed by atoms with van der Waals surface area (Å²) < 4.78 is 16.0. The van der Waals surface area contributed by atoms with Crippen LogP contribution in [0.1, 0.15) is 37.8 Å². The van der Waals surface area contributed by atoms with Crippen LogP contribution in [-0.4, -0.2) is 52.0 Å². The largest absolute Gasteiger partial charge is 0.497 e. The number of aliphatic imine (C=N–C) groups is 1. The lowest BCUT2D eigenvalue weighted by Gasteiger charge is -2.37. The number of fused-ring (bicyclic) bond motifs is 2. The van der Waals surface area contributed by atoms with E-state index in [1.807, 2.05) is 24.3 Å². The fourth-order valence-corrected chi connectivity index (χ4v) is 5.76. The molecule has 8 nitrogen and oxygen atoms in total. The summed E-state index contributed by atoms with van der Waals surface area (Å²) in [7, 11) is 1.60. The van der Waals surface area contributed by atoms with E-state index in [0.29, 0.717) is 17.2 Å². The van der Waals surface area contributed by atoms with Crippen LogP contribution in [0.25, 0.3) is 11.3 Å². The van der Waals surface area contributed by atoms with Gasteiger partial charge in [-0.2, -0.15) is 0 Å². The molecule has 1 aliphatic carbocycles. The molecule has 32 heavy (non-hydrogen) atoms. The first-order chi connectivity index (χ1) is 15.6. The van der Waals surface area contributed by atoms with Crippen LogP contribution in [0.3, 0.4) is 0 Å². The number of amides is 1. The van der Waals surface area contributed by atoms with E-state index in [1.165, 1.54) is 0 Å². The molecule has 1 aromatic carbocycles. The Morgan fingerprint density at radius 1 is 1.28 bits per heavy atom. The molecule has 1 aromatic heterocycles. The fraction of sp³-hybridized carbons (Fsp3) is 0.478. The van der Waals surface area contributed by atoms with Crippen molar-refractivity contribution < 1.29 is 23.6 Å². The van der Waals surface area contributed by atoms with Crippen molar-refractivity contribution >= 4 is 28.8 Å². The number of aromatic nitrogens is 1. The van der Waals surface area contributed by atoms with Crippen LogP contribution in [0, 0.1) is 5.92 Å². The van der Waals surface area contributed by atoms with Crippen molar-refractivity contribution in [3.8, 4) is 17.1 Å². The normalized spacial score (nSPS) is 24.5. The number of amidine groups is 1. The fourth-order valence-electron chi connectivity index (χ4n) is 4.57. The Morgan fingerprint density at radius 3 is 3.03 bits per heavy atom. The number of thioether (sulfide) groups is 1. The first-order valence-electron chi connectivity index (χ1n) is 10.9. The van der Waals surface area contributed by atoms with E-state index in [1.54, 1.807) is 29.8 Å². The third-order valence-corrected chi connectivity index (χ3v) is 7.34. The van der Waals surface area contributed by atoms with E-state index in [4.69, 9.17) is 19.0 Å². The van der Waals surface area contributed by atoms with Gasteiger partial charge in [0.2, 0.25) is 5.91 Å². The Kier molecular flexibility index (Phi) is 5.91. The monoisotopic (exact) mass is 455 g/mol. The van der Waals surface area contributed by atoms with E-state index in [9.17, 15) is 9.59 Å². The number of carbonyl (C=O) groups is 2. The van der Waals surface area contributed by atoms with Gasteiger partial charge in [0.1, 0.15) is 18.1 Å². The molecule has 1 saturated carbocycles. The highest BCUT2D eigenvalue weighted by Crippen LogP contribution is 2.38. The van der Waals surface area contributed by atoms with Crippen molar-refractivity contribution in [3.63, 3.8) is 0 Å². The summed E-state index contributed by atoms with van der Waals surface area (Å²) in [4.78, 5) is 32.1. The number of rotatable bonds is 6. The number of esters is 1. The predicted octanol–water partition coefficient (Wildman–Crippen LogP) is 3.66. The van der Waals surface area contributed by atoms with E-state index >= 15 is 0 Å². The molecule has 0 bridgehead atoms. The first kappa shape index (κ1) is 21.1. The third kappa shape index (κ3) is 4.13. The number of carbonyl (C=O) groups excluding carboxylic acids is 2. The molecule has 0 N–H and O–H groups in total. The van der Waals surface area contributed by atoms with Crippen molar-refractivity contribution in [1.82, 2.24) is 10.1 Å².